The van der Waals surface area contributed by atoms with Crippen LogP contribution in [0.1, 0.15) is 30.3 Å². The molecule has 8 heteroatoms. The minimum Gasteiger partial charge on any atom is -0.480 e. The minimum absolute atomic E-state index is 0.0758. The lowest BCUT2D eigenvalue weighted by Crippen LogP contribution is -2.30. The van der Waals surface area contributed by atoms with Gasteiger partial charge in [0.15, 0.2) is 5.13 Å². The van der Waals surface area contributed by atoms with Crippen LogP contribution in [-0.2, 0) is 11.3 Å². The molecule has 1 amide bonds. The van der Waals surface area contributed by atoms with Crippen molar-refractivity contribution in [3.8, 4) is 5.88 Å². The van der Waals surface area contributed by atoms with Gasteiger partial charge < -0.3 is 15.0 Å². The van der Waals surface area contributed by atoms with Crippen LogP contribution in [0.25, 0.3) is 0 Å². The van der Waals surface area contributed by atoms with Crippen molar-refractivity contribution < 1.29 is 9.53 Å². The number of aryl methyl sites for hydroxylation is 1. The lowest BCUT2D eigenvalue weighted by atomic mass is 9.86. The molecule has 2 aliphatic rings. The van der Waals surface area contributed by atoms with Gasteiger partial charge in [0.1, 0.15) is 0 Å². The molecule has 2 saturated heterocycles. The summed E-state index contributed by atoms with van der Waals surface area (Å²) in [4.78, 5) is 26.1. The normalized spacial score (nSPS) is 22.2. The van der Waals surface area contributed by atoms with Crippen LogP contribution in [0.5, 0.6) is 5.88 Å². The van der Waals surface area contributed by atoms with Gasteiger partial charge in [0.25, 0.3) is 0 Å². The molecule has 1 N–H and O–H groups in total. The van der Waals surface area contributed by atoms with Crippen LogP contribution in [0.3, 0.4) is 0 Å². The van der Waals surface area contributed by atoms with Crippen molar-refractivity contribution in [1.82, 2.24) is 14.9 Å². The van der Waals surface area contributed by atoms with Crippen LogP contribution >= 0.6 is 11.3 Å². The molecule has 1 spiro atoms. The van der Waals surface area contributed by atoms with E-state index in [2.05, 4.69) is 37.2 Å². The third-order valence-electron chi connectivity index (χ3n) is 5.69. The highest BCUT2D eigenvalue weighted by atomic mass is 32.1. The van der Waals surface area contributed by atoms with E-state index >= 15 is 0 Å². The van der Waals surface area contributed by atoms with E-state index in [0.717, 1.165) is 50.0 Å². The first-order valence-corrected chi connectivity index (χ1v) is 10.5. The largest absolute Gasteiger partial charge is 0.480 e. The molecule has 1 atom stereocenters. The molecule has 0 saturated carbocycles. The van der Waals surface area contributed by atoms with Gasteiger partial charge in [-0.05, 0) is 38.4 Å². The molecule has 2 aliphatic heterocycles. The summed E-state index contributed by atoms with van der Waals surface area (Å²) >= 11 is 1.56. The summed E-state index contributed by atoms with van der Waals surface area (Å²) < 4.78 is 5.52. The van der Waals surface area contributed by atoms with Crippen LogP contribution in [0, 0.1) is 12.3 Å². The number of thiazole rings is 1. The van der Waals surface area contributed by atoms with Crippen LogP contribution in [0.15, 0.2) is 18.3 Å². The van der Waals surface area contributed by atoms with Gasteiger partial charge in [0.05, 0.1) is 12.8 Å². The zero-order valence-electron chi connectivity index (χ0n) is 16.7. The van der Waals surface area contributed by atoms with Crippen LogP contribution in [0.4, 0.5) is 10.8 Å². The summed E-state index contributed by atoms with van der Waals surface area (Å²) in [5.74, 6) is 0.648. The Kier molecular flexibility index (Phi) is 5.25. The van der Waals surface area contributed by atoms with E-state index in [9.17, 15) is 4.79 Å². The molecule has 4 heterocycles. The molecule has 0 aliphatic carbocycles. The topological polar surface area (TPSA) is 70.6 Å². The van der Waals surface area contributed by atoms with Crippen LogP contribution in [0.2, 0.25) is 0 Å². The van der Waals surface area contributed by atoms with Gasteiger partial charge in [-0.1, -0.05) is 0 Å². The first-order chi connectivity index (χ1) is 13.5. The highest BCUT2D eigenvalue weighted by Crippen LogP contribution is 2.43. The first-order valence-electron chi connectivity index (χ1n) is 9.68. The van der Waals surface area contributed by atoms with Gasteiger partial charge >= 0.3 is 0 Å². The second-order valence-corrected chi connectivity index (χ2v) is 9.04. The third kappa shape index (κ3) is 3.98. The van der Waals surface area contributed by atoms with Crippen molar-refractivity contribution in [3.63, 3.8) is 0 Å². The Balaban J connectivity index is 1.39. The number of anilines is 2. The van der Waals surface area contributed by atoms with Crippen LogP contribution in [-0.4, -0.2) is 54.1 Å². The number of pyridine rings is 1. The standard InChI is InChI=1S/C20H27N5O2S/c1-14-4-5-17(18(22-14)27-3)25-9-7-20(13-25)6-8-24(12-20)11-16-10-21-19(28-16)23-15(2)26/h4-5,10H,6-9,11-13H2,1-3H3,(H,21,23,26). The average molecular weight is 402 g/mol. The summed E-state index contributed by atoms with van der Waals surface area (Å²) in [7, 11) is 1.69. The Morgan fingerprint density at radius 3 is 2.93 bits per heavy atom. The van der Waals surface area contributed by atoms with Gasteiger partial charge in [-0.15, -0.1) is 11.3 Å². The van der Waals surface area contributed by atoms with Crippen molar-refractivity contribution in [2.75, 3.05) is 43.5 Å². The van der Waals surface area contributed by atoms with Crippen molar-refractivity contribution >= 4 is 28.1 Å². The number of nitrogens with one attached hydrogen (secondary N) is 1. The monoisotopic (exact) mass is 401 g/mol. The first kappa shape index (κ1) is 19.1. The Labute approximate surface area is 169 Å². The molecular weight excluding hydrogens is 374 g/mol. The number of ether oxygens (including phenoxy) is 1. The molecule has 2 aromatic heterocycles. The number of nitrogens with zero attached hydrogens (tertiary/aromatic N) is 4. The van der Waals surface area contributed by atoms with Gasteiger partial charge in [0, 0.05) is 55.3 Å². The summed E-state index contributed by atoms with van der Waals surface area (Å²) in [5.41, 5.74) is 2.41. The molecule has 2 aromatic rings. The van der Waals surface area contributed by atoms with E-state index < -0.39 is 0 Å². The summed E-state index contributed by atoms with van der Waals surface area (Å²) in [6.07, 6.45) is 4.29. The van der Waals surface area contributed by atoms with E-state index in [-0.39, 0.29) is 5.91 Å². The van der Waals surface area contributed by atoms with Crippen molar-refractivity contribution in [2.45, 2.75) is 33.2 Å². The molecule has 28 heavy (non-hydrogen) atoms. The zero-order valence-corrected chi connectivity index (χ0v) is 17.5. The number of likely N-dealkylation sites (tertiary alicyclic amines) is 1. The van der Waals surface area contributed by atoms with Crippen molar-refractivity contribution in [3.05, 3.63) is 28.9 Å². The summed E-state index contributed by atoms with van der Waals surface area (Å²) in [5, 5.41) is 3.45. The fourth-order valence-electron chi connectivity index (χ4n) is 4.36. The molecule has 1 unspecified atom stereocenters. The predicted octanol–water partition coefficient (Wildman–Crippen LogP) is 2.92. The fraction of sp³-hybridized carbons (Fsp3) is 0.550. The maximum Gasteiger partial charge on any atom is 0.237 e. The molecule has 150 valence electrons. The zero-order chi connectivity index (χ0) is 19.7. The van der Waals surface area contributed by atoms with Crippen molar-refractivity contribution in [2.24, 2.45) is 5.41 Å². The van der Waals surface area contributed by atoms with Gasteiger partial charge in [0.2, 0.25) is 11.8 Å². The molecule has 4 rings (SSSR count). The maximum absolute atomic E-state index is 11.2. The van der Waals surface area contributed by atoms with Gasteiger partial charge in [-0.3, -0.25) is 9.69 Å². The third-order valence-corrected chi connectivity index (χ3v) is 6.58. The van der Waals surface area contributed by atoms with Gasteiger partial charge in [-0.25, -0.2) is 9.97 Å². The number of methoxy groups -OCH3 is 1. The summed E-state index contributed by atoms with van der Waals surface area (Å²) in [6, 6.07) is 4.19. The van der Waals surface area contributed by atoms with Crippen molar-refractivity contribution in [1.29, 1.82) is 0 Å². The van der Waals surface area contributed by atoms with E-state index in [4.69, 9.17) is 4.74 Å². The SMILES string of the molecule is COc1nc(C)ccc1N1CCC2(CCN(Cc3cnc(NC(C)=O)s3)C2)C1. The number of aromatic nitrogens is 2. The van der Waals surface area contributed by atoms with E-state index in [1.165, 1.54) is 24.6 Å². The highest BCUT2D eigenvalue weighted by Gasteiger charge is 2.44. The van der Waals surface area contributed by atoms with E-state index in [1.54, 1.807) is 18.4 Å². The van der Waals surface area contributed by atoms with Gasteiger partial charge in [-0.2, -0.15) is 0 Å². The Morgan fingerprint density at radius 2 is 2.14 bits per heavy atom. The Hall–Kier alpha value is -2.19. The fourth-order valence-corrected chi connectivity index (χ4v) is 5.26. The number of rotatable bonds is 5. The smallest absolute Gasteiger partial charge is 0.237 e. The second kappa shape index (κ2) is 7.67. The number of hydrogen-bond acceptors (Lipinski definition) is 7. The maximum atomic E-state index is 11.2. The number of carbonyl (C=O) groups is 1. The van der Waals surface area contributed by atoms with Crippen LogP contribution < -0.4 is 15.0 Å². The van der Waals surface area contributed by atoms with E-state index in [1.807, 2.05) is 13.1 Å². The quantitative estimate of drug-likeness (QED) is 0.831. The number of carbonyl (C=O) groups excluding carboxylic acids is 1. The second-order valence-electron chi connectivity index (χ2n) is 7.93. The minimum atomic E-state index is -0.0758. The number of hydrogen-bond donors (Lipinski definition) is 1. The molecule has 0 radical (unpaired) electrons. The molecule has 7 nitrogen and oxygen atoms in total. The average Bonchev–Trinajstić information content (AvgIpc) is 3.37. The molecule has 2 fully saturated rings. The number of amides is 1. The molecule has 0 bridgehead atoms. The lowest BCUT2D eigenvalue weighted by molar-refractivity contribution is -0.114. The lowest BCUT2D eigenvalue weighted by Gasteiger charge is -2.26. The van der Waals surface area contributed by atoms with E-state index in [0.29, 0.717) is 10.5 Å². The highest BCUT2D eigenvalue weighted by molar-refractivity contribution is 7.15. The molecule has 0 aromatic carbocycles. The molecular formula is C20H27N5O2S. The summed E-state index contributed by atoms with van der Waals surface area (Å²) in [6.45, 7) is 8.68. The Morgan fingerprint density at radius 1 is 1.32 bits per heavy atom. The Bertz CT molecular complexity index is 870. The predicted molar refractivity (Wildman–Crippen MR) is 111 cm³/mol.